The van der Waals surface area contributed by atoms with Crippen LogP contribution in [0.4, 0.5) is 0 Å². The van der Waals surface area contributed by atoms with Crippen molar-refractivity contribution in [2.24, 2.45) is 0 Å². The second kappa shape index (κ2) is 6.87. The smallest absolute Gasteiger partial charge is 0.163 e. The van der Waals surface area contributed by atoms with Crippen molar-refractivity contribution in [3.8, 4) is 0 Å². The quantitative estimate of drug-likeness (QED) is 0.319. The van der Waals surface area contributed by atoms with E-state index in [1.807, 2.05) is 13.8 Å². The van der Waals surface area contributed by atoms with Gasteiger partial charge in [0.1, 0.15) is 12.2 Å². The summed E-state index contributed by atoms with van der Waals surface area (Å²) in [6.07, 6.45) is 3.08. The molecule has 6 nitrogen and oxygen atoms in total. The Kier molecular flexibility index (Phi) is 5.37. The topological polar surface area (TPSA) is 77.0 Å². The van der Waals surface area contributed by atoms with Crippen LogP contribution in [-0.2, 0) is 19.0 Å². The van der Waals surface area contributed by atoms with Gasteiger partial charge < -0.3 is 19.3 Å². The fourth-order valence-electron chi connectivity index (χ4n) is 2.88. The maximum Gasteiger partial charge on any atom is 0.163 e. The lowest BCUT2D eigenvalue weighted by Crippen LogP contribution is -2.42. The number of aliphatic hydroxyl groups is 1. The second-order valence-corrected chi connectivity index (χ2v) is 5.99. The van der Waals surface area contributed by atoms with Gasteiger partial charge in [0.05, 0.1) is 25.0 Å². The fourth-order valence-corrected chi connectivity index (χ4v) is 2.88. The number of aldehydes is 1. The van der Waals surface area contributed by atoms with Gasteiger partial charge >= 0.3 is 0 Å². The standard InChI is InChI=1S/C15H25NO5/c1-4-5-6-19-9-11-13-14(21-15(2,3)20-13)12(16-11)10(7-17)8-18/h7-8,11-14,16-17H,4-6,9H2,1-3H3/b10-7+/t11-,12?,13-,14+/m1/s1. The summed E-state index contributed by atoms with van der Waals surface area (Å²) in [5.74, 6) is -0.694. The van der Waals surface area contributed by atoms with Gasteiger partial charge in [-0.2, -0.15) is 0 Å². The minimum Gasteiger partial charge on any atom is -0.515 e. The summed E-state index contributed by atoms with van der Waals surface area (Å²) in [6.45, 7) is 7.01. The predicted molar refractivity (Wildman–Crippen MR) is 77.0 cm³/mol. The van der Waals surface area contributed by atoms with Crippen molar-refractivity contribution < 1.29 is 24.1 Å². The molecule has 0 radical (unpaired) electrons. The molecule has 0 aromatic carbocycles. The molecule has 0 aliphatic carbocycles. The zero-order valence-corrected chi connectivity index (χ0v) is 12.9. The number of aliphatic hydroxyl groups excluding tert-OH is 1. The highest BCUT2D eigenvalue weighted by atomic mass is 16.8. The van der Waals surface area contributed by atoms with Crippen LogP contribution in [-0.4, -0.2) is 54.7 Å². The number of fused-ring (bicyclic) bond motifs is 1. The van der Waals surface area contributed by atoms with Crippen LogP contribution in [0, 0.1) is 0 Å². The average Bonchev–Trinajstić information content (AvgIpc) is 2.91. The molecule has 2 heterocycles. The zero-order valence-electron chi connectivity index (χ0n) is 12.9. The van der Waals surface area contributed by atoms with Gasteiger partial charge in [-0.3, -0.25) is 10.1 Å². The highest BCUT2D eigenvalue weighted by molar-refractivity contribution is 5.75. The zero-order chi connectivity index (χ0) is 15.5. The molecule has 0 spiro atoms. The number of rotatable bonds is 7. The van der Waals surface area contributed by atoms with Crippen molar-refractivity contribution in [2.45, 2.75) is 63.7 Å². The van der Waals surface area contributed by atoms with Crippen LogP contribution in [0.2, 0.25) is 0 Å². The predicted octanol–water partition coefficient (Wildman–Crippen LogP) is 1.30. The van der Waals surface area contributed by atoms with Crippen LogP contribution in [0.3, 0.4) is 0 Å². The molecule has 0 amide bonds. The van der Waals surface area contributed by atoms with Crippen molar-refractivity contribution in [1.82, 2.24) is 5.32 Å². The van der Waals surface area contributed by atoms with E-state index in [1.165, 1.54) is 0 Å². The number of nitrogens with one attached hydrogen (secondary N) is 1. The van der Waals surface area contributed by atoms with E-state index >= 15 is 0 Å². The number of hydrogen-bond donors (Lipinski definition) is 2. The SMILES string of the molecule is CCCCOC[C@H]1NC(/C(C=O)=C/O)[C@@H]2OC(C)(C)O[C@H]12. The molecule has 0 bridgehead atoms. The average molecular weight is 299 g/mol. The van der Waals surface area contributed by atoms with Crippen molar-refractivity contribution >= 4 is 6.29 Å². The van der Waals surface area contributed by atoms with E-state index in [4.69, 9.17) is 14.2 Å². The first-order valence-corrected chi connectivity index (χ1v) is 7.51. The lowest BCUT2D eigenvalue weighted by molar-refractivity contribution is -0.157. The third kappa shape index (κ3) is 3.63. The third-order valence-corrected chi connectivity index (χ3v) is 3.87. The summed E-state index contributed by atoms with van der Waals surface area (Å²) in [5.41, 5.74) is 0.266. The molecular weight excluding hydrogens is 274 g/mol. The molecule has 120 valence electrons. The van der Waals surface area contributed by atoms with E-state index in [2.05, 4.69) is 12.2 Å². The Labute approximate surface area is 125 Å². The van der Waals surface area contributed by atoms with Crippen LogP contribution in [0.5, 0.6) is 0 Å². The molecule has 2 fully saturated rings. The van der Waals surface area contributed by atoms with Crippen molar-refractivity contribution in [1.29, 1.82) is 0 Å². The summed E-state index contributed by atoms with van der Waals surface area (Å²) in [4.78, 5) is 11.1. The van der Waals surface area contributed by atoms with Gasteiger partial charge in [0, 0.05) is 12.2 Å². The monoisotopic (exact) mass is 299 g/mol. The normalized spacial score (nSPS) is 34.9. The number of carbonyl (C=O) groups is 1. The first-order valence-electron chi connectivity index (χ1n) is 7.51. The molecule has 21 heavy (non-hydrogen) atoms. The molecule has 2 saturated heterocycles. The van der Waals surface area contributed by atoms with Crippen LogP contribution >= 0.6 is 0 Å². The molecular formula is C15H25NO5. The summed E-state index contributed by atoms with van der Waals surface area (Å²) < 4.78 is 17.5. The molecule has 4 atom stereocenters. The van der Waals surface area contributed by atoms with Gasteiger partial charge in [-0.05, 0) is 20.3 Å². The molecule has 2 aliphatic rings. The van der Waals surface area contributed by atoms with E-state index in [1.54, 1.807) is 0 Å². The highest BCUT2D eigenvalue weighted by Crippen LogP contribution is 2.37. The Balaban J connectivity index is 2.04. The fraction of sp³-hybridized carbons (Fsp3) is 0.800. The first kappa shape index (κ1) is 16.4. The first-order chi connectivity index (χ1) is 10.0. The van der Waals surface area contributed by atoms with Crippen LogP contribution in [0.15, 0.2) is 11.8 Å². The Hall–Kier alpha value is -0.950. The summed E-state index contributed by atoms with van der Waals surface area (Å²) in [7, 11) is 0. The maximum atomic E-state index is 11.1. The number of hydrogen-bond acceptors (Lipinski definition) is 6. The number of unbranched alkanes of at least 4 members (excludes halogenated alkanes) is 1. The Morgan fingerprint density at radius 1 is 1.38 bits per heavy atom. The Morgan fingerprint density at radius 2 is 2.10 bits per heavy atom. The van der Waals surface area contributed by atoms with Gasteiger partial charge in [-0.25, -0.2) is 0 Å². The van der Waals surface area contributed by atoms with Crippen molar-refractivity contribution in [3.63, 3.8) is 0 Å². The minimum atomic E-state index is -0.694. The summed E-state index contributed by atoms with van der Waals surface area (Å²) in [5, 5.41) is 12.5. The van der Waals surface area contributed by atoms with E-state index in [9.17, 15) is 9.90 Å². The van der Waals surface area contributed by atoms with Gasteiger partial charge in [0.25, 0.3) is 0 Å². The molecule has 0 aromatic heterocycles. The molecule has 6 heteroatoms. The third-order valence-electron chi connectivity index (χ3n) is 3.87. The lowest BCUT2D eigenvalue weighted by Gasteiger charge is -2.24. The Morgan fingerprint density at radius 3 is 2.71 bits per heavy atom. The minimum absolute atomic E-state index is 0.0615. The lowest BCUT2D eigenvalue weighted by atomic mass is 10.0. The highest BCUT2D eigenvalue weighted by Gasteiger charge is 2.54. The Bertz CT molecular complexity index is 396. The molecule has 0 aromatic rings. The van der Waals surface area contributed by atoms with Gasteiger partial charge in [0.15, 0.2) is 12.1 Å². The van der Waals surface area contributed by atoms with Gasteiger partial charge in [0.2, 0.25) is 0 Å². The molecule has 1 unspecified atom stereocenters. The molecule has 0 saturated carbocycles. The van der Waals surface area contributed by atoms with Crippen LogP contribution < -0.4 is 5.32 Å². The van der Waals surface area contributed by atoms with Crippen LogP contribution in [0.25, 0.3) is 0 Å². The molecule has 2 aliphatic heterocycles. The van der Waals surface area contributed by atoms with Crippen molar-refractivity contribution in [3.05, 3.63) is 11.8 Å². The van der Waals surface area contributed by atoms with E-state index in [-0.39, 0.29) is 29.9 Å². The summed E-state index contributed by atoms with van der Waals surface area (Å²) in [6, 6.07) is -0.437. The number of carbonyl (C=O) groups excluding carboxylic acids is 1. The number of ether oxygens (including phenoxy) is 3. The van der Waals surface area contributed by atoms with Gasteiger partial charge in [-0.15, -0.1) is 0 Å². The maximum absolute atomic E-state index is 11.1. The van der Waals surface area contributed by atoms with E-state index in [0.29, 0.717) is 19.5 Å². The van der Waals surface area contributed by atoms with Gasteiger partial charge in [-0.1, -0.05) is 13.3 Å². The second-order valence-electron chi connectivity index (χ2n) is 5.99. The van der Waals surface area contributed by atoms with Crippen LogP contribution in [0.1, 0.15) is 33.6 Å². The summed E-state index contributed by atoms with van der Waals surface area (Å²) >= 11 is 0. The largest absolute Gasteiger partial charge is 0.515 e. The van der Waals surface area contributed by atoms with E-state index in [0.717, 1.165) is 19.1 Å². The molecule has 2 rings (SSSR count). The van der Waals surface area contributed by atoms with E-state index < -0.39 is 5.79 Å². The van der Waals surface area contributed by atoms with Crippen molar-refractivity contribution in [2.75, 3.05) is 13.2 Å². The molecule has 2 N–H and O–H groups in total.